The van der Waals surface area contributed by atoms with Gasteiger partial charge in [0.1, 0.15) is 6.61 Å². The third kappa shape index (κ3) is 6.92. The summed E-state index contributed by atoms with van der Waals surface area (Å²) in [4.78, 5) is 0. The minimum Gasteiger partial charge on any atom is -0.490 e. The van der Waals surface area contributed by atoms with E-state index in [9.17, 15) is 0 Å². The van der Waals surface area contributed by atoms with Crippen LogP contribution in [0.2, 0.25) is 10.0 Å². The highest BCUT2D eigenvalue weighted by atomic mass is 79.9. The molecule has 0 heterocycles. The smallest absolute Gasteiger partial charge is 0.162 e. The van der Waals surface area contributed by atoms with Crippen molar-refractivity contribution in [2.24, 2.45) is 0 Å². The van der Waals surface area contributed by atoms with Gasteiger partial charge in [0.05, 0.1) is 6.61 Å². The molecular formula is C24H24BrCl2NO2. The van der Waals surface area contributed by atoms with E-state index >= 15 is 0 Å². The van der Waals surface area contributed by atoms with Gasteiger partial charge in [-0.15, -0.1) is 0 Å². The molecule has 158 valence electrons. The van der Waals surface area contributed by atoms with E-state index in [1.54, 1.807) is 0 Å². The monoisotopic (exact) mass is 507 g/mol. The van der Waals surface area contributed by atoms with Crippen molar-refractivity contribution in [1.29, 1.82) is 0 Å². The molecule has 0 unspecified atom stereocenters. The fraction of sp³-hybridized carbons (Fsp3) is 0.250. The zero-order valence-electron chi connectivity index (χ0n) is 16.8. The number of hydrogen-bond acceptors (Lipinski definition) is 3. The van der Waals surface area contributed by atoms with Crippen molar-refractivity contribution in [1.82, 2.24) is 5.32 Å². The van der Waals surface area contributed by atoms with E-state index in [4.69, 9.17) is 32.7 Å². The molecule has 0 spiro atoms. The zero-order chi connectivity index (χ0) is 21.3. The van der Waals surface area contributed by atoms with E-state index in [1.807, 2.05) is 55.5 Å². The van der Waals surface area contributed by atoms with Gasteiger partial charge >= 0.3 is 0 Å². The summed E-state index contributed by atoms with van der Waals surface area (Å²) in [5.41, 5.74) is 3.38. The van der Waals surface area contributed by atoms with Crippen LogP contribution < -0.4 is 14.8 Å². The lowest BCUT2D eigenvalue weighted by Crippen LogP contribution is -2.17. The first-order chi connectivity index (χ1) is 14.5. The van der Waals surface area contributed by atoms with E-state index in [0.717, 1.165) is 45.9 Å². The van der Waals surface area contributed by atoms with Gasteiger partial charge in [-0.1, -0.05) is 63.4 Å². The summed E-state index contributed by atoms with van der Waals surface area (Å²) in [5, 5.41) is 4.94. The third-order valence-corrected chi connectivity index (χ3v) is 5.74. The molecule has 3 rings (SSSR count). The van der Waals surface area contributed by atoms with Crippen molar-refractivity contribution < 1.29 is 9.47 Å². The van der Waals surface area contributed by atoms with Gasteiger partial charge in [0.25, 0.3) is 0 Å². The van der Waals surface area contributed by atoms with Crippen LogP contribution in [0, 0.1) is 0 Å². The molecule has 0 bridgehead atoms. The first-order valence-electron chi connectivity index (χ1n) is 9.82. The Kier molecular flexibility index (Phi) is 8.88. The lowest BCUT2D eigenvalue weighted by Gasteiger charge is -2.16. The maximum absolute atomic E-state index is 6.06. The fourth-order valence-corrected chi connectivity index (χ4v) is 3.79. The highest BCUT2D eigenvalue weighted by Gasteiger charge is 2.11. The predicted octanol–water partition coefficient (Wildman–Crippen LogP) is 7.07. The minimum absolute atomic E-state index is 0.422. The first kappa shape index (κ1) is 23.0. The summed E-state index contributed by atoms with van der Waals surface area (Å²) in [5.74, 6) is 1.44. The summed E-state index contributed by atoms with van der Waals surface area (Å²) < 4.78 is 12.8. The average molecular weight is 509 g/mol. The predicted molar refractivity (Wildman–Crippen MR) is 128 cm³/mol. The van der Waals surface area contributed by atoms with Gasteiger partial charge in [0.15, 0.2) is 11.5 Å². The lowest BCUT2D eigenvalue weighted by molar-refractivity contribution is 0.269. The Morgan fingerprint density at radius 3 is 2.37 bits per heavy atom. The molecular weight excluding hydrogens is 485 g/mol. The Labute approximate surface area is 196 Å². The van der Waals surface area contributed by atoms with Crippen LogP contribution in [0.3, 0.4) is 0 Å². The number of halogens is 3. The van der Waals surface area contributed by atoms with Crippen LogP contribution in [0.1, 0.15) is 23.6 Å². The van der Waals surface area contributed by atoms with E-state index in [1.165, 1.54) is 5.56 Å². The molecule has 6 heteroatoms. The molecule has 3 nitrogen and oxygen atoms in total. The van der Waals surface area contributed by atoms with Gasteiger partial charge < -0.3 is 14.8 Å². The van der Waals surface area contributed by atoms with Crippen LogP contribution in [0.5, 0.6) is 11.5 Å². The summed E-state index contributed by atoms with van der Waals surface area (Å²) in [7, 11) is 0. The Hall–Kier alpha value is -1.72. The number of nitrogens with one attached hydrogen (secondary N) is 1. The van der Waals surface area contributed by atoms with Crippen LogP contribution in [0.4, 0.5) is 0 Å². The highest BCUT2D eigenvalue weighted by molar-refractivity contribution is 9.10. The number of rotatable bonds is 10. The van der Waals surface area contributed by atoms with Crippen LogP contribution in [-0.4, -0.2) is 13.2 Å². The summed E-state index contributed by atoms with van der Waals surface area (Å²) in [6, 6.07) is 19.6. The number of hydrogen-bond donors (Lipinski definition) is 1. The van der Waals surface area contributed by atoms with Crippen LogP contribution in [0.25, 0.3) is 0 Å². The van der Waals surface area contributed by atoms with Crippen molar-refractivity contribution in [2.45, 2.75) is 26.5 Å². The Bertz CT molecular complexity index is 964. The molecule has 0 saturated carbocycles. The molecule has 0 aliphatic carbocycles. The highest BCUT2D eigenvalue weighted by Crippen LogP contribution is 2.34. The topological polar surface area (TPSA) is 30.5 Å². The maximum atomic E-state index is 6.06. The van der Waals surface area contributed by atoms with Gasteiger partial charge in [-0.3, -0.25) is 0 Å². The summed E-state index contributed by atoms with van der Waals surface area (Å²) >= 11 is 15.7. The van der Waals surface area contributed by atoms with E-state index < -0.39 is 0 Å². The van der Waals surface area contributed by atoms with Crippen molar-refractivity contribution >= 4 is 39.1 Å². The SMILES string of the molecule is CCOc1cc(CNCCc2ccc(Cl)cc2)c(Br)cc1OCc1cccc(Cl)c1. The van der Waals surface area contributed by atoms with Gasteiger partial charge in [-0.05, 0) is 73.0 Å². The van der Waals surface area contributed by atoms with Gasteiger partial charge in [0, 0.05) is 21.1 Å². The third-order valence-electron chi connectivity index (χ3n) is 4.52. The van der Waals surface area contributed by atoms with Crippen molar-refractivity contribution in [3.05, 3.63) is 91.9 Å². The largest absolute Gasteiger partial charge is 0.490 e. The van der Waals surface area contributed by atoms with E-state index in [2.05, 4.69) is 33.4 Å². The average Bonchev–Trinajstić information content (AvgIpc) is 2.73. The minimum atomic E-state index is 0.422. The molecule has 0 radical (unpaired) electrons. The molecule has 0 aliphatic heterocycles. The van der Waals surface area contributed by atoms with Crippen LogP contribution in [-0.2, 0) is 19.6 Å². The summed E-state index contributed by atoms with van der Waals surface area (Å²) in [6.07, 6.45) is 0.938. The standard InChI is InChI=1S/C24H24BrCl2NO2/c1-2-29-23-13-19(15-28-11-10-17-6-8-20(26)9-7-17)22(25)14-24(23)30-16-18-4-3-5-21(27)12-18/h3-9,12-14,28H,2,10-11,15-16H2,1H3. The molecule has 3 aromatic rings. The maximum Gasteiger partial charge on any atom is 0.162 e. The Morgan fingerprint density at radius 2 is 1.63 bits per heavy atom. The second-order valence-corrected chi connectivity index (χ2v) is 8.52. The van der Waals surface area contributed by atoms with Gasteiger partial charge in [0.2, 0.25) is 0 Å². The number of ether oxygens (including phenoxy) is 2. The molecule has 0 atom stereocenters. The quantitative estimate of drug-likeness (QED) is 0.297. The molecule has 0 fully saturated rings. The van der Waals surface area contributed by atoms with E-state index in [0.29, 0.717) is 24.0 Å². The molecule has 0 saturated heterocycles. The molecule has 0 aliphatic rings. The second kappa shape index (κ2) is 11.6. The Morgan fingerprint density at radius 1 is 0.867 bits per heavy atom. The van der Waals surface area contributed by atoms with Crippen molar-refractivity contribution in [3.8, 4) is 11.5 Å². The van der Waals surface area contributed by atoms with Crippen molar-refractivity contribution in [2.75, 3.05) is 13.2 Å². The molecule has 1 N–H and O–H groups in total. The van der Waals surface area contributed by atoms with E-state index in [-0.39, 0.29) is 0 Å². The number of benzene rings is 3. The first-order valence-corrected chi connectivity index (χ1v) is 11.4. The lowest BCUT2D eigenvalue weighted by atomic mass is 10.1. The van der Waals surface area contributed by atoms with Gasteiger partial charge in [-0.25, -0.2) is 0 Å². The van der Waals surface area contributed by atoms with Gasteiger partial charge in [-0.2, -0.15) is 0 Å². The Balaban J connectivity index is 1.60. The molecule has 3 aromatic carbocycles. The molecule has 0 aromatic heterocycles. The summed E-state index contributed by atoms with van der Waals surface area (Å²) in [6.45, 7) is 4.55. The normalized spacial score (nSPS) is 10.8. The van der Waals surface area contributed by atoms with Crippen molar-refractivity contribution in [3.63, 3.8) is 0 Å². The zero-order valence-corrected chi connectivity index (χ0v) is 19.9. The second-order valence-electron chi connectivity index (χ2n) is 6.80. The molecule has 0 amide bonds. The van der Waals surface area contributed by atoms with Crippen LogP contribution in [0.15, 0.2) is 65.1 Å². The van der Waals surface area contributed by atoms with Crippen LogP contribution >= 0.6 is 39.1 Å². The molecule has 30 heavy (non-hydrogen) atoms. The fourth-order valence-electron chi connectivity index (χ4n) is 2.99.